The van der Waals surface area contributed by atoms with Gasteiger partial charge in [-0.3, -0.25) is 5.01 Å². The van der Waals surface area contributed by atoms with Crippen LogP contribution in [0, 0.1) is 6.07 Å². The molecule has 1 aromatic rings. The monoisotopic (exact) mass is 171 g/mol. The van der Waals surface area contributed by atoms with Crippen LogP contribution in [0.15, 0.2) is 48.3 Å². The van der Waals surface area contributed by atoms with Gasteiger partial charge in [0.2, 0.25) is 0 Å². The van der Waals surface area contributed by atoms with Gasteiger partial charge in [0.25, 0.3) is 0 Å². The van der Waals surface area contributed by atoms with E-state index in [1.807, 2.05) is 41.7 Å². The van der Waals surface area contributed by atoms with E-state index in [0.717, 1.165) is 5.69 Å². The van der Waals surface area contributed by atoms with Gasteiger partial charge in [-0.1, -0.05) is 12.1 Å². The minimum Gasteiger partial charge on any atom is -0.301 e. The Labute approximate surface area is 78.2 Å². The molecular formula is C11H11N2. The van der Waals surface area contributed by atoms with Gasteiger partial charge < -0.3 is 5.43 Å². The van der Waals surface area contributed by atoms with E-state index < -0.39 is 0 Å². The fraction of sp³-hybridized carbons (Fsp3) is 0.0909. The number of hydrazine groups is 1. The molecule has 13 heavy (non-hydrogen) atoms. The normalized spacial score (nSPS) is 15.2. The maximum atomic E-state index is 3.16. The lowest BCUT2D eigenvalue weighted by molar-refractivity contribution is 0.856. The van der Waals surface area contributed by atoms with Gasteiger partial charge in [0.15, 0.2) is 0 Å². The molecule has 2 heteroatoms. The fourth-order valence-electron chi connectivity index (χ4n) is 1.15. The largest absolute Gasteiger partial charge is 0.301 e. The standard InChI is InChI=1S/C11H11N2/c1-10-7-8-13(12-9-10)11-5-3-2-4-6-11/h3-9,12H,1H3. The van der Waals surface area contributed by atoms with Gasteiger partial charge in [0, 0.05) is 12.4 Å². The van der Waals surface area contributed by atoms with Crippen LogP contribution in [0.5, 0.6) is 0 Å². The van der Waals surface area contributed by atoms with Crippen LogP contribution in [0.4, 0.5) is 5.69 Å². The summed E-state index contributed by atoms with van der Waals surface area (Å²) in [6.07, 6.45) is 6.04. The van der Waals surface area contributed by atoms with E-state index in [1.165, 1.54) is 5.57 Å². The van der Waals surface area contributed by atoms with Crippen LogP contribution in [0.25, 0.3) is 0 Å². The van der Waals surface area contributed by atoms with Crippen molar-refractivity contribution in [1.29, 1.82) is 0 Å². The van der Waals surface area contributed by atoms with Gasteiger partial charge in [-0.15, -0.1) is 0 Å². The maximum Gasteiger partial charge on any atom is 0.0623 e. The molecule has 0 bridgehead atoms. The van der Waals surface area contributed by atoms with E-state index in [2.05, 4.69) is 24.5 Å². The average molecular weight is 171 g/mol. The lowest BCUT2D eigenvalue weighted by Gasteiger charge is -2.23. The van der Waals surface area contributed by atoms with Crippen LogP contribution in [0.2, 0.25) is 0 Å². The zero-order chi connectivity index (χ0) is 9.10. The lowest BCUT2D eigenvalue weighted by Crippen LogP contribution is -2.30. The zero-order valence-electron chi connectivity index (χ0n) is 7.49. The van der Waals surface area contributed by atoms with Crippen LogP contribution in [-0.4, -0.2) is 0 Å². The third kappa shape index (κ3) is 1.72. The van der Waals surface area contributed by atoms with Crippen molar-refractivity contribution in [3.05, 3.63) is 54.4 Å². The third-order valence-electron chi connectivity index (χ3n) is 1.90. The molecule has 1 aliphatic heterocycles. The van der Waals surface area contributed by atoms with Crippen molar-refractivity contribution in [1.82, 2.24) is 5.43 Å². The fourth-order valence-corrected chi connectivity index (χ4v) is 1.15. The van der Waals surface area contributed by atoms with E-state index in [0.29, 0.717) is 0 Å². The summed E-state index contributed by atoms with van der Waals surface area (Å²) < 4.78 is 0. The number of allylic oxidation sites excluding steroid dienone is 2. The summed E-state index contributed by atoms with van der Waals surface area (Å²) in [6, 6.07) is 10.8. The van der Waals surface area contributed by atoms with Gasteiger partial charge in [0.05, 0.1) is 5.69 Å². The summed E-state index contributed by atoms with van der Waals surface area (Å²) in [5, 5.41) is 1.96. The second-order valence-corrected chi connectivity index (χ2v) is 2.96. The highest BCUT2D eigenvalue weighted by Crippen LogP contribution is 2.13. The molecule has 0 saturated heterocycles. The Morgan fingerprint density at radius 2 is 2.08 bits per heavy atom. The Hall–Kier alpha value is -1.70. The van der Waals surface area contributed by atoms with Crippen molar-refractivity contribution in [2.45, 2.75) is 6.92 Å². The predicted molar refractivity (Wildman–Crippen MR) is 53.8 cm³/mol. The summed E-state index contributed by atoms with van der Waals surface area (Å²) in [4.78, 5) is 0. The first-order chi connectivity index (χ1) is 6.36. The van der Waals surface area contributed by atoms with Gasteiger partial charge in [-0.2, -0.15) is 0 Å². The Morgan fingerprint density at radius 1 is 1.31 bits per heavy atom. The Morgan fingerprint density at radius 3 is 2.69 bits per heavy atom. The van der Waals surface area contributed by atoms with Crippen LogP contribution in [-0.2, 0) is 0 Å². The summed E-state index contributed by atoms with van der Waals surface area (Å²) in [6.45, 7) is 2.06. The number of rotatable bonds is 1. The summed E-state index contributed by atoms with van der Waals surface area (Å²) >= 11 is 0. The lowest BCUT2D eigenvalue weighted by atomic mass is 10.3. The molecule has 0 aliphatic carbocycles. The molecule has 1 radical (unpaired) electrons. The van der Waals surface area contributed by atoms with E-state index in [4.69, 9.17) is 0 Å². The number of hydrogen-bond acceptors (Lipinski definition) is 2. The molecule has 1 heterocycles. The number of hydrogen-bond donors (Lipinski definition) is 1. The molecule has 0 spiro atoms. The van der Waals surface area contributed by atoms with Gasteiger partial charge in [0.1, 0.15) is 0 Å². The van der Waals surface area contributed by atoms with E-state index in [-0.39, 0.29) is 0 Å². The Kier molecular flexibility index (Phi) is 2.04. The molecule has 1 aromatic carbocycles. The highest BCUT2D eigenvalue weighted by molar-refractivity contribution is 5.49. The van der Waals surface area contributed by atoms with E-state index in [1.54, 1.807) is 0 Å². The van der Waals surface area contributed by atoms with Crippen LogP contribution in [0.1, 0.15) is 6.92 Å². The molecule has 0 fully saturated rings. The van der Waals surface area contributed by atoms with E-state index in [9.17, 15) is 0 Å². The highest BCUT2D eigenvalue weighted by Gasteiger charge is 2.02. The average Bonchev–Trinajstić information content (AvgIpc) is 2.20. The first kappa shape index (κ1) is 7.92. The Balaban J connectivity index is 2.18. The summed E-state index contributed by atoms with van der Waals surface area (Å²) in [7, 11) is 0. The quantitative estimate of drug-likeness (QED) is 0.697. The molecule has 0 unspecified atom stereocenters. The number of nitrogens with zero attached hydrogens (tertiary/aromatic N) is 1. The second-order valence-electron chi connectivity index (χ2n) is 2.96. The van der Waals surface area contributed by atoms with Crippen molar-refractivity contribution in [2.24, 2.45) is 0 Å². The Bertz CT molecular complexity index is 338. The van der Waals surface area contributed by atoms with Crippen molar-refractivity contribution in [2.75, 3.05) is 5.01 Å². The van der Waals surface area contributed by atoms with Crippen LogP contribution in [0.3, 0.4) is 0 Å². The molecule has 0 atom stereocenters. The van der Waals surface area contributed by atoms with Crippen molar-refractivity contribution in [3.8, 4) is 0 Å². The molecule has 0 amide bonds. The van der Waals surface area contributed by atoms with Gasteiger partial charge in [-0.25, -0.2) is 0 Å². The number of anilines is 1. The van der Waals surface area contributed by atoms with Crippen molar-refractivity contribution < 1.29 is 0 Å². The highest BCUT2D eigenvalue weighted by atomic mass is 15.5. The van der Waals surface area contributed by atoms with E-state index >= 15 is 0 Å². The first-order valence-corrected chi connectivity index (χ1v) is 4.23. The molecule has 0 saturated carbocycles. The minimum atomic E-state index is 1.11. The van der Waals surface area contributed by atoms with Gasteiger partial charge >= 0.3 is 0 Å². The van der Waals surface area contributed by atoms with Crippen LogP contribution >= 0.6 is 0 Å². The summed E-state index contributed by atoms with van der Waals surface area (Å²) in [5.74, 6) is 0. The molecule has 1 aliphatic rings. The molecule has 2 nitrogen and oxygen atoms in total. The molecule has 0 aromatic heterocycles. The molecular weight excluding hydrogens is 160 g/mol. The SMILES string of the molecule is CC1=CNN(c2cc[c]cc2)C=C1. The third-order valence-corrected chi connectivity index (χ3v) is 1.90. The molecule has 65 valence electrons. The second kappa shape index (κ2) is 3.35. The predicted octanol–water partition coefficient (Wildman–Crippen LogP) is 2.23. The smallest absolute Gasteiger partial charge is 0.0623 e. The van der Waals surface area contributed by atoms with Crippen molar-refractivity contribution in [3.63, 3.8) is 0 Å². The summed E-state index contributed by atoms with van der Waals surface area (Å²) in [5.41, 5.74) is 5.49. The topological polar surface area (TPSA) is 15.3 Å². The minimum absolute atomic E-state index is 1.11. The maximum absolute atomic E-state index is 3.16. The number of benzene rings is 1. The van der Waals surface area contributed by atoms with Crippen molar-refractivity contribution >= 4 is 5.69 Å². The molecule has 2 rings (SSSR count). The van der Waals surface area contributed by atoms with Crippen LogP contribution < -0.4 is 10.4 Å². The first-order valence-electron chi connectivity index (χ1n) is 4.23. The van der Waals surface area contributed by atoms with Gasteiger partial charge in [-0.05, 0) is 36.8 Å². The molecule has 1 N–H and O–H groups in total. The zero-order valence-corrected chi connectivity index (χ0v) is 7.49. The number of nitrogens with one attached hydrogen (secondary N) is 1.